The maximum atomic E-state index is 10.6. The van der Waals surface area contributed by atoms with Crippen molar-refractivity contribution < 1.29 is 9.84 Å². The third kappa shape index (κ3) is 3.13. The summed E-state index contributed by atoms with van der Waals surface area (Å²) in [6.45, 7) is 3.10. The highest BCUT2D eigenvalue weighted by atomic mass is 16.5. The van der Waals surface area contributed by atoms with E-state index in [0.717, 1.165) is 5.75 Å². The predicted octanol–water partition coefficient (Wildman–Crippen LogP) is 1.89. The largest absolute Gasteiger partial charge is 0.486 e. The molecule has 0 amide bonds. The van der Waals surface area contributed by atoms with E-state index >= 15 is 0 Å². The summed E-state index contributed by atoms with van der Waals surface area (Å²) in [7, 11) is 0. The molecule has 3 rings (SSSR count). The molecule has 5 nitrogen and oxygen atoms in total. The lowest BCUT2D eigenvalue weighted by atomic mass is 9.90. The number of aromatic nitrogens is 2. The third-order valence-corrected chi connectivity index (χ3v) is 3.82. The Morgan fingerprint density at radius 2 is 1.90 bits per heavy atom. The van der Waals surface area contributed by atoms with Gasteiger partial charge in [0, 0.05) is 18.9 Å². The van der Waals surface area contributed by atoms with Crippen molar-refractivity contribution in [2.75, 3.05) is 18.0 Å². The number of anilines is 1. The number of para-hydroxylation sites is 1. The lowest BCUT2D eigenvalue weighted by Crippen LogP contribution is -2.56. The second-order valence-electron chi connectivity index (χ2n) is 5.52. The summed E-state index contributed by atoms with van der Waals surface area (Å²) in [6.07, 6.45) is 3.74. The van der Waals surface area contributed by atoms with E-state index in [9.17, 15) is 5.11 Å². The van der Waals surface area contributed by atoms with Gasteiger partial charge in [0.2, 0.25) is 5.95 Å². The van der Waals surface area contributed by atoms with Gasteiger partial charge in [0.15, 0.2) is 0 Å². The van der Waals surface area contributed by atoms with Gasteiger partial charge in [0.25, 0.3) is 0 Å². The molecule has 1 aliphatic heterocycles. The molecule has 5 heteroatoms. The fraction of sp³-hybridized carbons (Fsp3) is 0.375. The first-order valence-electron chi connectivity index (χ1n) is 7.11. The maximum absolute atomic E-state index is 10.6. The normalized spacial score (nSPS) is 25.6. The van der Waals surface area contributed by atoms with E-state index in [4.69, 9.17) is 4.74 Å². The first-order valence-corrected chi connectivity index (χ1v) is 7.11. The minimum Gasteiger partial charge on any atom is -0.486 e. The van der Waals surface area contributed by atoms with Crippen molar-refractivity contribution in [3.63, 3.8) is 0 Å². The van der Waals surface area contributed by atoms with Gasteiger partial charge in [-0.3, -0.25) is 0 Å². The summed E-state index contributed by atoms with van der Waals surface area (Å²) in [5.74, 6) is 1.44. The van der Waals surface area contributed by atoms with Crippen molar-refractivity contribution in [3.05, 3.63) is 48.8 Å². The van der Waals surface area contributed by atoms with Crippen molar-refractivity contribution in [3.8, 4) is 5.75 Å². The van der Waals surface area contributed by atoms with Crippen molar-refractivity contribution in [2.45, 2.75) is 25.0 Å². The first kappa shape index (κ1) is 13.8. The van der Waals surface area contributed by atoms with Crippen LogP contribution in [0.1, 0.15) is 13.3 Å². The molecule has 0 saturated carbocycles. The first-order chi connectivity index (χ1) is 10.1. The van der Waals surface area contributed by atoms with Crippen LogP contribution in [0.4, 0.5) is 5.95 Å². The highest BCUT2D eigenvalue weighted by molar-refractivity contribution is 5.31. The van der Waals surface area contributed by atoms with E-state index < -0.39 is 5.60 Å². The Labute approximate surface area is 124 Å². The van der Waals surface area contributed by atoms with E-state index in [1.165, 1.54) is 0 Å². The van der Waals surface area contributed by atoms with Gasteiger partial charge in [-0.05, 0) is 31.5 Å². The molecule has 2 heterocycles. The Kier molecular flexibility index (Phi) is 3.75. The van der Waals surface area contributed by atoms with Crippen LogP contribution in [0.3, 0.4) is 0 Å². The zero-order chi connectivity index (χ0) is 14.7. The summed E-state index contributed by atoms with van der Waals surface area (Å²) in [5.41, 5.74) is -0.860. The third-order valence-electron chi connectivity index (χ3n) is 3.82. The molecule has 1 fully saturated rings. The van der Waals surface area contributed by atoms with E-state index in [2.05, 4.69) is 9.97 Å². The van der Waals surface area contributed by atoms with Gasteiger partial charge in [-0.25, -0.2) is 9.97 Å². The lowest BCUT2D eigenvalue weighted by molar-refractivity contribution is -0.0598. The molecule has 21 heavy (non-hydrogen) atoms. The summed E-state index contributed by atoms with van der Waals surface area (Å²) >= 11 is 0. The highest BCUT2D eigenvalue weighted by Gasteiger charge is 2.40. The molecule has 2 aromatic rings. The molecule has 0 unspecified atom stereocenters. The molecular formula is C16H19N3O2. The molecule has 1 saturated heterocycles. The number of ether oxygens (including phenoxy) is 1. The Morgan fingerprint density at radius 3 is 2.62 bits per heavy atom. The van der Waals surface area contributed by atoms with Gasteiger partial charge in [-0.2, -0.15) is 0 Å². The van der Waals surface area contributed by atoms with E-state index in [-0.39, 0.29) is 6.10 Å². The molecule has 1 aromatic carbocycles. The Hall–Kier alpha value is -2.14. The van der Waals surface area contributed by atoms with Crippen LogP contribution in [0.5, 0.6) is 5.75 Å². The van der Waals surface area contributed by atoms with Crippen LogP contribution in [0, 0.1) is 0 Å². The van der Waals surface area contributed by atoms with Crippen molar-refractivity contribution in [1.82, 2.24) is 9.97 Å². The molecule has 0 radical (unpaired) electrons. The number of benzene rings is 1. The Balaban J connectivity index is 1.77. The van der Waals surface area contributed by atoms with Gasteiger partial charge in [0.05, 0.1) is 6.54 Å². The van der Waals surface area contributed by atoms with Crippen molar-refractivity contribution in [1.29, 1.82) is 0 Å². The smallest absolute Gasteiger partial charge is 0.225 e. The van der Waals surface area contributed by atoms with Crippen LogP contribution in [-0.4, -0.2) is 39.9 Å². The standard InChI is InChI=1S/C16H19N3O2/c1-16(20)8-11-19(15-17-9-5-10-18-15)12-14(16)21-13-6-3-2-4-7-13/h2-7,9-10,14,20H,8,11-12H2,1H3/t14-,16-/m1/s1. The quantitative estimate of drug-likeness (QED) is 0.933. The fourth-order valence-corrected chi connectivity index (χ4v) is 2.47. The summed E-state index contributed by atoms with van der Waals surface area (Å²) in [5, 5.41) is 10.6. The molecule has 0 spiro atoms. The van der Waals surface area contributed by atoms with Crippen molar-refractivity contribution in [2.24, 2.45) is 0 Å². The predicted molar refractivity (Wildman–Crippen MR) is 80.3 cm³/mol. The zero-order valence-corrected chi connectivity index (χ0v) is 12.0. The van der Waals surface area contributed by atoms with Crippen LogP contribution in [-0.2, 0) is 0 Å². The second-order valence-corrected chi connectivity index (χ2v) is 5.52. The van der Waals surface area contributed by atoms with Crippen LogP contribution < -0.4 is 9.64 Å². The Bertz CT molecular complexity index is 575. The van der Waals surface area contributed by atoms with Gasteiger partial charge >= 0.3 is 0 Å². The van der Waals surface area contributed by atoms with E-state index in [1.54, 1.807) is 18.5 Å². The topological polar surface area (TPSA) is 58.5 Å². The van der Waals surface area contributed by atoms with Crippen molar-refractivity contribution >= 4 is 5.95 Å². The molecule has 110 valence electrons. The Morgan fingerprint density at radius 1 is 1.19 bits per heavy atom. The molecule has 1 N–H and O–H groups in total. The molecular weight excluding hydrogens is 266 g/mol. The lowest BCUT2D eigenvalue weighted by Gasteiger charge is -2.42. The number of hydrogen-bond acceptors (Lipinski definition) is 5. The van der Waals surface area contributed by atoms with E-state index in [1.807, 2.05) is 42.2 Å². The number of piperidine rings is 1. The molecule has 2 atom stereocenters. The van der Waals surface area contributed by atoms with E-state index in [0.29, 0.717) is 25.5 Å². The van der Waals surface area contributed by atoms with Crippen LogP contribution in [0.15, 0.2) is 48.8 Å². The number of hydrogen-bond donors (Lipinski definition) is 1. The zero-order valence-electron chi connectivity index (χ0n) is 12.0. The minimum absolute atomic E-state index is 0.322. The maximum Gasteiger partial charge on any atom is 0.225 e. The number of aliphatic hydroxyl groups is 1. The summed E-state index contributed by atoms with van der Waals surface area (Å²) in [6, 6.07) is 11.4. The molecule has 1 aromatic heterocycles. The molecule has 1 aliphatic rings. The monoisotopic (exact) mass is 285 g/mol. The summed E-state index contributed by atoms with van der Waals surface area (Å²) < 4.78 is 5.98. The fourth-order valence-electron chi connectivity index (χ4n) is 2.47. The van der Waals surface area contributed by atoms with Crippen LogP contribution in [0.2, 0.25) is 0 Å². The average molecular weight is 285 g/mol. The van der Waals surface area contributed by atoms with Gasteiger partial charge in [0.1, 0.15) is 17.5 Å². The van der Waals surface area contributed by atoms with Gasteiger partial charge in [-0.15, -0.1) is 0 Å². The van der Waals surface area contributed by atoms with Gasteiger partial charge in [-0.1, -0.05) is 18.2 Å². The minimum atomic E-state index is -0.860. The SMILES string of the molecule is C[C@@]1(O)CCN(c2ncccn2)C[C@H]1Oc1ccccc1. The number of rotatable bonds is 3. The molecule has 0 bridgehead atoms. The van der Waals surface area contributed by atoms with Crippen LogP contribution in [0.25, 0.3) is 0 Å². The highest BCUT2D eigenvalue weighted by Crippen LogP contribution is 2.27. The van der Waals surface area contributed by atoms with Crippen LogP contribution >= 0.6 is 0 Å². The molecule has 0 aliphatic carbocycles. The summed E-state index contributed by atoms with van der Waals surface area (Å²) in [4.78, 5) is 10.6. The second kappa shape index (κ2) is 5.69. The number of nitrogens with zero attached hydrogens (tertiary/aromatic N) is 3. The average Bonchev–Trinajstić information content (AvgIpc) is 2.51. The van der Waals surface area contributed by atoms with Gasteiger partial charge < -0.3 is 14.7 Å².